The van der Waals surface area contributed by atoms with E-state index in [1.165, 1.54) is 6.92 Å². The Balaban J connectivity index is 3.53. The number of carboxylic acids is 1. The summed E-state index contributed by atoms with van der Waals surface area (Å²) in [5.41, 5.74) is 3.48. The molecule has 0 bridgehead atoms. The molecule has 1 aromatic heterocycles. The van der Waals surface area contributed by atoms with Gasteiger partial charge >= 0.3 is 5.97 Å². The number of aromatic carboxylic acids is 1. The molecule has 0 fully saturated rings. The maximum atomic E-state index is 13.0. The van der Waals surface area contributed by atoms with Gasteiger partial charge in [-0.25, -0.2) is 14.2 Å². The average molecular weight is 188 g/mol. The highest BCUT2D eigenvalue weighted by Gasteiger charge is 2.21. The van der Waals surface area contributed by atoms with E-state index >= 15 is 0 Å². The molecule has 3 N–H and O–H groups in total. The van der Waals surface area contributed by atoms with Crippen LogP contribution < -0.4 is 5.73 Å². The summed E-state index contributed by atoms with van der Waals surface area (Å²) in [5.74, 6) is -4.37. The van der Waals surface area contributed by atoms with Gasteiger partial charge < -0.3 is 10.8 Å². The molecule has 6 heteroatoms. The number of aryl methyl sites for hydroxylation is 1. The van der Waals surface area contributed by atoms with Crippen molar-refractivity contribution in [1.82, 2.24) is 4.98 Å². The van der Waals surface area contributed by atoms with Gasteiger partial charge in [-0.2, -0.15) is 4.39 Å². The number of nitrogen functional groups attached to an aromatic ring is 1. The summed E-state index contributed by atoms with van der Waals surface area (Å²) in [7, 11) is 0. The zero-order chi connectivity index (χ0) is 10.2. The third-order valence-electron chi connectivity index (χ3n) is 1.53. The summed E-state index contributed by atoms with van der Waals surface area (Å²) in [5, 5.41) is 8.39. The predicted octanol–water partition coefficient (Wildman–Crippen LogP) is 0.949. The number of carboxylic acid groups (broad SMARTS) is 1. The Bertz CT molecular complexity index is 379. The molecule has 0 aromatic carbocycles. The second-order valence-corrected chi connectivity index (χ2v) is 2.40. The molecule has 0 radical (unpaired) electrons. The van der Waals surface area contributed by atoms with E-state index in [9.17, 15) is 13.6 Å². The zero-order valence-electron chi connectivity index (χ0n) is 6.64. The molecule has 0 saturated heterocycles. The molecule has 1 rings (SSSR count). The average Bonchev–Trinajstić information content (AvgIpc) is 1.99. The second kappa shape index (κ2) is 2.96. The summed E-state index contributed by atoms with van der Waals surface area (Å²) in [4.78, 5) is 13.5. The summed E-state index contributed by atoms with van der Waals surface area (Å²) >= 11 is 0. The number of halogens is 2. The number of hydrogen-bond donors (Lipinski definition) is 2. The number of nitrogens with two attached hydrogens (primary N) is 1. The lowest BCUT2D eigenvalue weighted by Gasteiger charge is -2.04. The molecule has 0 aliphatic heterocycles. The molecular weight excluding hydrogens is 182 g/mol. The van der Waals surface area contributed by atoms with Crippen LogP contribution in [0.1, 0.15) is 16.1 Å². The van der Waals surface area contributed by atoms with Crippen molar-refractivity contribution < 1.29 is 18.7 Å². The fourth-order valence-electron chi connectivity index (χ4n) is 0.830. The Hall–Kier alpha value is -1.72. The lowest BCUT2D eigenvalue weighted by Crippen LogP contribution is -2.11. The SMILES string of the molecule is Cc1nc(F)c(C(=O)O)c(F)c1N. The van der Waals surface area contributed by atoms with Gasteiger partial charge in [0.1, 0.15) is 0 Å². The fourth-order valence-corrected chi connectivity index (χ4v) is 0.830. The first-order chi connectivity index (χ1) is 5.95. The van der Waals surface area contributed by atoms with Gasteiger partial charge in [-0.05, 0) is 6.92 Å². The van der Waals surface area contributed by atoms with Crippen LogP contribution in [0.25, 0.3) is 0 Å². The Morgan fingerprint density at radius 1 is 1.54 bits per heavy atom. The predicted molar refractivity (Wildman–Crippen MR) is 40.3 cm³/mol. The van der Waals surface area contributed by atoms with Gasteiger partial charge in [0.15, 0.2) is 11.4 Å². The number of carbonyl (C=O) groups is 1. The van der Waals surface area contributed by atoms with Crippen LogP contribution in [0.3, 0.4) is 0 Å². The van der Waals surface area contributed by atoms with E-state index in [0.717, 1.165) is 0 Å². The molecule has 4 nitrogen and oxygen atoms in total. The Morgan fingerprint density at radius 2 is 2.08 bits per heavy atom. The van der Waals surface area contributed by atoms with Gasteiger partial charge in [0.2, 0.25) is 5.95 Å². The van der Waals surface area contributed by atoms with E-state index in [1.54, 1.807) is 0 Å². The lowest BCUT2D eigenvalue weighted by atomic mass is 10.2. The number of hydrogen-bond acceptors (Lipinski definition) is 3. The summed E-state index contributed by atoms with van der Waals surface area (Å²) < 4.78 is 25.7. The zero-order valence-corrected chi connectivity index (χ0v) is 6.64. The van der Waals surface area contributed by atoms with E-state index in [-0.39, 0.29) is 5.69 Å². The molecule has 0 saturated carbocycles. The molecule has 0 aliphatic carbocycles. The van der Waals surface area contributed by atoms with Crippen LogP contribution in [0.15, 0.2) is 0 Å². The minimum absolute atomic E-state index is 0.0694. The highest BCUT2D eigenvalue weighted by molar-refractivity contribution is 5.89. The van der Waals surface area contributed by atoms with Crippen molar-refractivity contribution in [3.8, 4) is 0 Å². The number of aromatic nitrogens is 1. The molecule has 70 valence electrons. The van der Waals surface area contributed by atoms with E-state index in [4.69, 9.17) is 10.8 Å². The van der Waals surface area contributed by atoms with Crippen molar-refractivity contribution >= 4 is 11.7 Å². The molecule has 13 heavy (non-hydrogen) atoms. The topological polar surface area (TPSA) is 76.2 Å². The number of nitrogens with zero attached hydrogens (tertiary/aromatic N) is 1. The van der Waals surface area contributed by atoms with E-state index in [1.807, 2.05) is 0 Å². The van der Waals surface area contributed by atoms with E-state index < -0.39 is 29.0 Å². The van der Waals surface area contributed by atoms with Crippen molar-refractivity contribution in [1.29, 1.82) is 0 Å². The van der Waals surface area contributed by atoms with Gasteiger partial charge in [0.25, 0.3) is 0 Å². The normalized spacial score (nSPS) is 10.1. The number of pyridine rings is 1. The van der Waals surface area contributed by atoms with E-state index in [2.05, 4.69) is 4.98 Å². The summed E-state index contributed by atoms with van der Waals surface area (Å²) in [6.07, 6.45) is 0. The fraction of sp³-hybridized carbons (Fsp3) is 0.143. The molecule has 0 unspecified atom stereocenters. The first kappa shape index (κ1) is 9.37. The monoisotopic (exact) mass is 188 g/mol. The van der Waals surface area contributed by atoms with Crippen molar-refractivity contribution in [2.45, 2.75) is 6.92 Å². The van der Waals surface area contributed by atoms with Crippen molar-refractivity contribution in [2.24, 2.45) is 0 Å². The minimum Gasteiger partial charge on any atom is -0.477 e. The van der Waals surface area contributed by atoms with Crippen LogP contribution in [-0.2, 0) is 0 Å². The van der Waals surface area contributed by atoms with Gasteiger partial charge in [-0.3, -0.25) is 0 Å². The molecule has 0 atom stereocenters. The number of anilines is 1. The van der Waals surface area contributed by atoms with E-state index in [0.29, 0.717) is 0 Å². The molecule has 0 spiro atoms. The summed E-state index contributed by atoms with van der Waals surface area (Å²) in [6.45, 7) is 1.28. The van der Waals surface area contributed by atoms with Gasteiger partial charge in [-0.1, -0.05) is 0 Å². The molecule has 0 amide bonds. The Labute approximate surface area is 72.0 Å². The van der Waals surface area contributed by atoms with Crippen molar-refractivity contribution in [3.05, 3.63) is 23.0 Å². The first-order valence-corrected chi connectivity index (χ1v) is 3.29. The highest BCUT2D eigenvalue weighted by atomic mass is 19.1. The van der Waals surface area contributed by atoms with Crippen LogP contribution in [0.5, 0.6) is 0 Å². The van der Waals surface area contributed by atoms with Crippen LogP contribution in [0.4, 0.5) is 14.5 Å². The van der Waals surface area contributed by atoms with Gasteiger partial charge in [0, 0.05) is 0 Å². The third kappa shape index (κ3) is 1.42. The second-order valence-electron chi connectivity index (χ2n) is 2.40. The molecule has 1 heterocycles. The third-order valence-corrected chi connectivity index (χ3v) is 1.53. The van der Waals surface area contributed by atoms with Crippen LogP contribution >= 0.6 is 0 Å². The first-order valence-electron chi connectivity index (χ1n) is 3.29. The van der Waals surface area contributed by atoms with Gasteiger partial charge in [-0.15, -0.1) is 0 Å². The standard InChI is InChI=1S/C7H6F2N2O2/c1-2-5(10)4(8)3(7(12)13)6(9)11-2/h10H2,1H3,(H,12,13). The van der Waals surface area contributed by atoms with Crippen molar-refractivity contribution in [2.75, 3.05) is 5.73 Å². The van der Waals surface area contributed by atoms with Crippen molar-refractivity contribution in [3.63, 3.8) is 0 Å². The van der Waals surface area contributed by atoms with Gasteiger partial charge in [0.05, 0.1) is 11.4 Å². The Kier molecular flexibility index (Phi) is 2.14. The smallest absolute Gasteiger partial charge is 0.343 e. The summed E-state index contributed by atoms with van der Waals surface area (Å²) in [6, 6.07) is 0. The maximum Gasteiger partial charge on any atom is 0.343 e. The molecular formula is C7H6F2N2O2. The molecule has 0 aliphatic rings. The highest BCUT2D eigenvalue weighted by Crippen LogP contribution is 2.19. The quantitative estimate of drug-likeness (QED) is 0.643. The minimum atomic E-state index is -1.73. The Morgan fingerprint density at radius 3 is 2.54 bits per heavy atom. The maximum absolute atomic E-state index is 13.0. The van der Waals surface area contributed by atoms with Crippen LogP contribution in [0, 0.1) is 18.7 Å². The number of rotatable bonds is 1. The largest absolute Gasteiger partial charge is 0.477 e. The molecule has 1 aromatic rings. The lowest BCUT2D eigenvalue weighted by molar-refractivity contribution is 0.0685. The van der Waals surface area contributed by atoms with Crippen LogP contribution in [-0.4, -0.2) is 16.1 Å². The van der Waals surface area contributed by atoms with Crippen LogP contribution in [0.2, 0.25) is 0 Å².